The summed E-state index contributed by atoms with van der Waals surface area (Å²) >= 11 is 12.1. The predicted molar refractivity (Wildman–Crippen MR) is 121 cm³/mol. The summed E-state index contributed by atoms with van der Waals surface area (Å²) in [6.07, 6.45) is 0. The number of fused-ring (bicyclic) bond motifs is 1. The number of rotatable bonds is 5. The Labute approximate surface area is 186 Å². The topological polar surface area (TPSA) is 106 Å². The fraction of sp³-hybridized carbons (Fsp3) is 0.0455. The van der Waals surface area contributed by atoms with Crippen molar-refractivity contribution in [2.75, 3.05) is 11.5 Å². The van der Waals surface area contributed by atoms with Gasteiger partial charge in [0.15, 0.2) is 11.6 Å². The van der Waals surface area contributed by atoms with Crippen LogP contribution in [0.25, 0.3) is 10.9 Å². The Hall–Kier alpha value is -3.42. The predicted octanol–water partition coefficient (Wildman–Crippen LogP) is 5.50. The molecule has 1 amide bonds. The maximum absolute atomic E-state index is 15.0. The number of benzene rings is 3. The van der Waals surface area contributed by atoms with Gasteiger partial charge in [-0.05, 0) is 36.4 Å². The molecule has 0 bridgehead atoms. The molecule has 0 aliphatic rings. The van der Waals surface area contributed by atoms with Crippen LogP contribution in [0.1, 0.15) is 16.1 Å². The van der Waals surface area contributed by atoms with E-state index in [0.29, 0.717) is 22.1 Å². The number of halogens is 3. The summed E-state index contributed by atoms with van der Waals surface area (Å²) in [7, 11) is 0. The fourth-order valence-corrected chi connectivity index (χ4v) is 3.52. The normalized spacial score (nSPS) is 10.9. The van der Waals surface area contributed by atoms with Gasteiger partial charge in [-0.25, -0.2) is 4.39 Å². The molecular weight excluding hydrogens is 442 g/mol. The molecule has 3 aromatic carbocycles. The number of nitrogen functional groups attached to an aromatic ring is 2. The molecule has 0 spiro atoms. The largest absolute Gasteiger partial charge is 0.453 e. The van der Waals surface area contributed by atoms with Gasteiger partial charge in [0.05, 0.1) is 5.02 Å². The lowest BCUT2D eigenvalue weighted by Crippen LogP contribution is -2.23. The van der Waals surface area contributed by atoms with E-state index in [-0.39, 0.29) is 28.6 Å². The molecular formula is C22H17Cl2FN4O2. The molecule has 6 N–H and O–H groups in total. The van der Waals surface area contributed by atoms with E-state index in [1.165, 1.54) is 30.3 Å². The molecule has 0 aliphatic carbocycles. The molecule has 9 heteroatoms. The van der Waals surface area contributed by atoms with Crippen LogP contribution < -0.4 is 21.5 Å². The Morgan fingerprint density at radius 2 is 1.84 bits per heavy atom. The van der Waals surface area contributed by atoms with Crippen molar-refractivity contribution in [3.8, 4) is 11.5 Å². The third-order valence-corrected chi connectivity index (χ3v) is 5.09. The number of ether oxygens (including phenoxy) is 1. The number of nitrogens with two attached hydrogens (primary N) is 2. The van der Waals surface area contributed by atoms with E-state index in [9.17, 15) is 4.79 Å². The maximum atomic E-state index is 15.0. The van der Waals surface area contributed by atoms with Gasteiger partial charge in [0, 0.05) is 45.5 Å². The number of carbonyl (C=O) groups is 1. The van der Waals surface area contributed by atoms with Crippen LogP contribution >= 0.6 is 23.2 Å². The summed E-state index contributed by atoms with van der Waals surface area (Å²) in [6, 6.07) is 14.5. The number of nitrogens with one attached hydrogen (secondary N) is 2. The van der Waals surface area contributed by atoms with Crippen LogP contribution in [0.3, 0.4) is 0 Å². The number of carbonyl (C=O) groups excluding carboxylic acids is 1. The highest BCUT2D eigenvalue weighted by molar-refractivity contribution is 6.32. The number of aromatic amines is 1. The number of H-pyrrole nitrogens is 1. The van der Waals surface area contributed by atoms with E-state index in [1.807, 2.05) is 6.07 Å². The lowest BCUT2D eigenvalue weighted by Gasteiger charge is -2.13. The summed E-state index contributed by atoms with van der Waals surface area (Å²) < 4.78 is 20.6. The minimum Gasteiger partial charge on any atom is -0.453 e. The second kappa shape index (κ2) is 8.37. The van der Waals surface area contributed by atoms with Gasteiger partial charge in [-0.1, -0.05) is 35.3 Å². The molecule has 0 atom stereocenters. The Bertz CT molecular complexity index is 1290. The standard InChI is InChI=1S/C22H17Cl2FN4O2/c23-13-6-15(27)8-16(7-13)31-21-17(24)4-2-12(20(21)25)10-28-22(30)19-5-11-1-3-14(26)9-18(11)29-19/h1-9,29H,10,26-27H2,(H,28,30). The van der Waals surface area contributed by atoms with E-state index < -0.39 is 11.7 Å². The maximum Gasteiger partial charge on any atom is 0.267 e. The van der Waals surface area contributed by atoms with E-state index >= 15 is 4.39 Å². The summed E-state index contributed by atoms with van der Waals surface area (Å²) in [6.45, 7) is -0.0760. The third kappa shape index (κ3) is 4.52. The van der Waals surface area contributed by atoms with Crippen molar-refractivity contribution in [2.45, 2.75) is 6.54 Å². The first-order valence-corrected chi connectivity index (χ1v) is 9.93. The van der Waals surface area contributed by atoms with Gasteiger partial charge in [0.1, 0.15) is 11.4 Å². The molecule has 0 unspecified atom stereocenters. The van der Waals surface area contributed by atoms with Crippen LogP contribution in [0, 0.1) is 5.82 Å². The van der Waals surface area contributed by atoms with Crippen molar-refractivity contribution >= 4 is 51.4 Å². The van der Waals surface area contributed by atoms with Crippen LogP contribution in [0.4, 0.5) is 15.8 Å². The molecule has 31 heavy (non-hydrogen) atoms. The molecule has 0 saturated carbocycles. The molecule has 1 heterocycles. The second-order valence-corrected chi connectivity index (χ2v) is 7.73. The van der Waals surface area contributed by atoms with Crippen molar-refractivity contribution in [3.63, 3.8) is 0 Å². The van der Waals surface area contributed by atoms with E-state index in [4.69, 9.17) is 39.4 Å². The van der Waals surface area contributed by atoms with Crippen molar-refractivity contribution in [1.82, 2.24) is 10.3 Å². The first kappa shape index (κ1) is 20.8. The van der Waals surface area contributed by atoms with Gasteiger partial charge >= 0.3 is 0 Å². The molecule has 6 nitrogen and oxygen atoms in total. The van der Waals surface area contributed by atoms with Gasteiger partial charge in [0.25, 0.3) is 5.91 Å². The number of hydrogen-bond acceptors (Lipinski definition) is 4. The minimum absolute atomic E-state index is 0.0688. The zero-order valence-corrected chi connectivity index (χ0v) is 17.5. The van der Waals surface area contributed by atoms with E-state index in [1.54, 1.807) is 18.2 Å². The van der Waals surface area contributed by atoms with Crippen LogP contribution in [-0.4, -0.2) is 10.9 Å². The van der Waals surface area contributed by atoms with E-state index in [0.717, 1.165) is 10.9 Å². The second-order valence-electron chi connectivity index (χ2n) is 6.88. The van der Waals surface area contributed by atoms with Gasteiger partial charge in [0.2, 0.25) is 0 Å². The first-order valence-electron chi connectivity index (χ1n) is 9.17. The summed E-state index contributed by atoms with van der Waals surface area (Å²) in [5.41, 5.74) is 13.7. The molecule has 4 aromatic rings. The Morgan fingerprint density at radius 1 is 1.03 bits per heavy atom. The third-order valence-electron chi connectivity index (χ3n) is 4.57. The molecule has 0 saturated heterocycles. The number of aromatic nitrogens is 1. The molecule has 1 aromatic heterocycles. The molecule has 158 valence electrons. The van der Waals surface area contributed by atoms with Crippen LogP contribution in [-0.2, 0) is 6.54 Å². The highest BCUT2D eigenvalue weighted by atomic mass is 35.5. The van der Waals surface area contributed by atoms with Gasteiger partial charge in [-0.15, -0.1) is 0 Å². The van der Waals surface area contributed by atoms with Gasteiger partial charge in [-0.3, -0.25) is 4.79 Å². The van der Waals surface area contributed by atoms with Crippen molar-refractivity contribution < 1.29 is 13.9 Å². The van der Waals surface area contributed by atoms with Crippen LogP contribution in [0.15, 0.2) is 54.6 Å². The lowest BCUT2D eigenvalue weighted by molar-refractivity contribution is 0.0946. The lowest BCUT2D eigenvalue weighted by atomic mass is 10.2. The van der Waals surface area contributed by atoms with Crippen LogP contribution in [0.2, 0.25) is 10.0 Å². The number of anilines is 2. The number of amides is 1. The zero-order valence-electron chi connectivity index (χ0n) is 16.0. The average Bonchev–Trinajstić information content (AvgIpc) is 3.13. The monoisotopic (exact) mass is 458 g/mol. The van der Waals surface area contributed by atoms with Crippen LogP contribution in [0.5, 0.6) is 11.5 Å². The molecule has 4 rings (SSSR count). The van der Waals surface area contributed by atoms with Crippen molar-refractivity contribution in [2.24, 2.45) is 0 Å². The smallest absolute Gasteiger partial charge is 0.267 e. The SMILES string of the molecule is Nc1cc(Cl)cc(Oc2c(Cl)ccc(CNC(=O)c3cc4ccc(N)cc4[nH]3)c2F)c1. The van der Waals surface area contributed by atoms with E-state index in [2.05, 4.69) is 10.3 Å². The van der Waals surface area contributed by atoms with Gasteiger partial charge in [-0.2, -0.15) is 0 Å². The number of hydrogen-bond donors (Lipinski definition) is 4. The fourth-order valence-electron chi connectivity index (χ4n) is 3.10. The average molecular weight is 459 g/mol. The van der Waals surface area contributed by atoms with Crippen molar-refractivity contribution in [3.05, 3.63) is 81.7 Å². The van der Waals surface area contributed by atoms with Crippen molar-refractivity contribution in [1.29, 1.82) is 0 Å². The molecule has 0 aliphatic heterocycles. The minimum atomic E-state index is -0.698. The van der Waals surface area contributed by atoms with Gasteiger partial charge < -0.3 is 26.5 Å². The molecule has 0 fully saturated rings. The Morgan fingerprint density at radius 3 is 2.61 bits per heavy atom. The quantitative estimate of drug-likeness (QED) is 0.296. The summed E-state index contributed by atoms with van der Waals surface area (Å²) in [5, 5.41) is 3.93. The molecule has 0 radical (unpaired) electrons. The highest BCUT2D eigenvalue weighted by Gasteiger charge is 2.17. The first-order chi connectivity index (χ1) is 14.8. The summed E-state index contributed by atoms with van der Waals surface area (Å²) in [5.74, 6) is -1.04. The Balaban J connectivity index is 1.53. The Kier molecular flexibility index (Phi) is 5.63. The highest BCUT2D eigenvalue weighted by Crippen LogP contribution is 2.35. The summed E-state index contributed by atoms with van der Waals surface area (Å²) in [4.78, 5) is 15.5. The zero-order chi connectivity index (χ0) is 22.1.